The molecule has 1 fully saturated rings. The van der Waals surface area contributed by atoms with Gasteiger partial charge >= 0.3 is 5.97 Å². The molecule has 0 aromatic rings. The van der Waals surface area contributed by atoms with Crippen molar-refractivity contribution in [3.63, 3.8) is 0 Å². The lowest BCUT2D eigenvalue weighted by Gasteiger charge is -2.22. The van der Waals surface area contributed by atoms with Crippen LogP contribution < -0.4 is 0 Å². The number of methoxy groups -OCH3 is 1. The van der Waals surface area contributed by atoms with Crippen LogP contribution in [0.3, 0.4) is 0 Å². The zero-order valence-electron chi connectivity index (χ0n) is 10.9. The number of rotatable bonds is 5. The van der Waals surface area contributed by atoms with E-state index in [0.717, 1.165) is 19.4 Å². The lowest BCUT2D eigenvalue weighted by Crippen LogP contribution is -2.38. The molecule has 5 nitrogen and oxygen atoms in total. The largest absolute Gasteiger partial charge is 0.469 e. The quantitative estimate of drug-likeness (QED) is 0.531. The van der Waals surface area contributed by atoms with E-state index in [9.17, 15) is 9.59 Å². The molecule has 0 aromatic carbocycles. The molecular weight excluding hydrogens is 234 g/mol. The number of ether oxygens (including phenoxy) is 2. The van der Waals surface area contributed by atoms with E-state index in [1.807, 2.05) is 0 Å². The third kappa shape index (κ3) is 4.76. The molecule has 1 unspecified atom stereocenters. The minimum atomic E-state index is -0.329. The maximum atomic E-state index is 11.8. The van der Waals surface area contributed by atoms with E-state index in [2.05, 4.69) is 16.6 Å². The van der Waals surface area contributed by atoms with Crippen LogP contribution in [0.4, 0.5) is 0 Å². The molecule has 1 saturated heterocycles. The van der Waals surface area contributed by atoms with Crippen LogP contribution in [-0.2, 0) is 19.1 Å². The van der Waals surface area contributed by atoms with E-state index in [4.69, 9.17) is 4.74 Å². The Kier molecular flexibility index (Phi) is 6.23. The Morgan fingerprint density at radius 3 is 2.83 bits per heavy atom. The summed E-state index contributed by atoms with van der Waals surface area (Å²) in [6.45, 7) is 3.16. The molecule has 0 N–H and O–H groups in total. The lowest BCUT2D eigenvalue weighted by atomic mass is 10.2. The highest BCUT2D eigenvalue weighted by molar-refractivity contribution is 5.93. The van der Waals surface area contributed by atoms with Gasteiger partial charge in [0.2, 0.25) is 0 Å². The molecule has 18 heavy (non-hydrogen) atoms. The fourth-order valence-electron chi connectivity index (χ4n) is 1.82. The van der Waals surface area contributed by atoms with E-state index >= 15 is 0 Å². The summed E-state index contributed by atoms with van der Waals surface area (Å²) in [7, 11) is 1.33. The topological polar surface area (TPSA) is 55.8 Å². The number of nitrogens with zero attached hydrogens (tertiary/aromatic N) is 1. The molecule has 1 aliphatic heterocycles. The van der Waals surface area contributed by atoms with Crippen LogP contribution in [0.2, 0.25) is 0 Å². The van der Waals surface area contributed by atoms with Gasteiger partial charge in [-0.05, 0) is 25.7 Å². The first-order valence-corrected chi connectivity index (χ1v) is 6.07. The number of amides is 1. The number of carbonyl (C=O) groups is 2. The highest BCUT2D eigenvalue weighted by Gasteiger charge is 2.22. The molecule has 1 heterocycles. The molecule has 1 rings (SSSR count). The second-order valence-electron chi connectivity index (χ2n) is 4.09. The van der Waals surface area contributed by atoms with Crippen LogP contribution in [0.25, 0.3) is 0 Å². The normalized spacial score (nSPS) is 17.8. The number of esters is 1. The molecule has 1 atom stereocenters. The summed E-state index contributed by atoms with van der Waals surface area (Å²) >= 11 is 0. The van der Waals surface area contributed by atoms with Gasteiger partial charge in [-0.3, -0.25) is 9.59 Å². The van der Waals surface area contributed by atoms with Crippen LogP contribution in [0, 0.1) is 11.8 Å². The Balaban J connectivity index is 2.52. The fraction of sp³-hybridized carbons (Fsp3) is 0.692. The monoisotopic (exact) mass is 253 g/mol. The Bertz CT molecular complexity index is 350. The van der Waals surface area contributed by atoms with Gasteiger partial charge in [-0.1, -0.05) is 5.92 Å². The summed E-state index contributed by atoms with van der Waals surface area (Å²) in [5.41, 5.74) is 0. The van der Waals surface area contributed by atoms with Gasteiger partial charge in [-0.15, -0.1) is 0 Å². The van der Waals surface area contributed by atoms with Gasteiger partial charge in [0.1, 0.15) is 0 Å². The summed E-state index contributed by atoms with van der Waals surface area (Å²) in [6, 6.07) is 0. The number of hydrogen-bond donors (Lipinski definition) is 0. The third-order valence-corrected chi connectivity index (χ3v) is 2.78. The summed E-state index contributed by atoms with van der Waals surface area (Å²) in [4.78, 5) is 24.4. The molecule has 100 valence electrons. The maximum absolute atomic E-state index is 11.8. The zero-order chi connectivity index (χ0) is 13.4. The lowest BCUT2D eigenvalue weighted by molar-refractivity contribution is -0.141. The van der Waals surface area contributed by atoms with Crippen LogP contribution in [0.1, 0.15) is 26.2 Å². The van der Waals surface area contributed by atoms with Crippen molar-refractivity contribution in [3.05, 3.63) is 0 Å². The molecule has 5 heteroatoms. The number of hydrogen-bond acceptors (Lipinski definition) is 4. The van der Waals surface area contributed by atoms with Crippen LogP contribution in [-0.4, -0.2) is 49.7 Å². The van der Waals surface area contributed by atoms with E-state index < -0.39 is 0 Å². The van der Waals surface area contributed by atoms with Crippen molar-refractivity contribution in [1.82, 2.24) is 4.90 Å². The summed E-state index contributed by atoms with van der Waals surface area (Å²) < 4.78 is 10.1. The molecule has 0 saturated carbocycles. The molecule has 0 aromatic heterocycles. The highest BCUT2D eigenvalue weighted by Crippen LogP contribution is 2.13. The van der Waals surface area contributed by atoms with Crippen LogP contribution >= 0.6 is 0 Å². The first kappa shape index (κ1) is 14.5. The van der Waals surface area contributed by atoms with Crippen LogP contribution in [0.5, 0.6) is 0 Å². The van der Waals surface area contributed by atoms with E-state index in [-0.39, 0.29) is 24.4 Å². The SMILES string of the molecule is CC#CC(=O)N(CCC(=O)OC)CC1CCCO1. The smallest absolute Gasteiger partial charge is 0.307 e. The fourth-order valence-corrected chi connectivity index (χ4v) is 1.82. The average molecular weight is 253 g/mol. The molecule has 0 radical (unpaired) electrons. The van der Waals surface area contributed by atoms with Gasteiger partial charge in [-0.25, -0.2) is 0 Å². The second-order valence-corrected chi connectivity index (χ2v) is 4.09. The average Bonchev–Trinajstić information content (AvgIpc) is 2.87. The molecule has 1 amide bonds. The number of carbonyl (C=O) groups excluding carboxylic acids is 2. The van der Waals surface area contributed by atoms with Crippen molar-refractivity contribution in [2.75, 3.05) is 26.8 Å². The van der Waals surface area contributed by atoms with Gasteiger partial charge in [0.25, 0.3) is 5.91 Å². The molecule has 0 aliphatic carbocycles. The highest BCUT2D eigenvalue weighted by atomic mass is 16.5. The molecule has 0 spiro atoms. The Labute approximate surface area is 107 Å². The predicted molar refractivity (Wildman–Crippen MR) is 65.6 cm³/mol. The minimum absolute atomic E-state index is 0.0604. The molecule has 1 aliphatic rings. The zero-order valence-corrected chi connectivity index (χ0v) is 10.9. The first-order chi connectivity index (χ1) is 8.67. The van der Waals surface area contributed by atoms with Crippen molar-refractivity contribution in [3.8, 4) is 11.8 Å². The minimum Gasteiger partial charge on any atom is -0.469 e. The van der Waals surface area contributed by atoms with Gasteiger partial charge in [0.05, 0.1) is 19.6 Å². The van der Waals surface area contributed by atoms with Gasteiger partial charge in [0.15, 0.2) is 0 Å². The van der Waals surface area contributed by atoms with Crippen molar-refractivity contribution >= 4 is 11.9 Å². The van der Waals surface area contributed by atoms with Crippen LogP contribution in [0.15, 0.2) is 0 Å². The Morgan fingerprint density at radius 1 is 1.50 bits per heavy atom. The summed E-state index contributed by atoms with van der Waals surface area (Å²) in [6.07, 6.45) is 2.20. The second kappa shape index (κ2) is 7.72. The van der Waals surface area contributed by atoms with Crippen molar-refractivity contribution < 1.29 is 19.1 Å². The summed E-state index contributed by atoms with van der Waals surface area (Å²) in [5, 5.41) is 0. The third-order valence-electron chi connectivity index (χ3n) is 2.78. The molecule has 0 bridgehead atoms. The first-order valence-electron chi connectivity index (χ1n) is 6.07. The van der Waals surface area contributed by atoms with E-state index in [1.165, 1.54) is 7.11 Å². The predicted octanol–water partition coefficient (Wildman–Crippen LogP) is 0.580. The molecular formula is C13H19NO4. The van der Waals surface area contributed by atoms with Crippen molar-refractivity contribution in [2.45, 2.75) is 32.3 Å². The standard InChI is InChI=1S/C13H19NO4/c1-3-5-12(15)14(8-7-13(16)17-2)10-11-6-4-9-18-11/h11H,4,6-10H2,1-2H3. The Hall–Kier alpha value is -1.54. The van der Waals surface area contributed by atoms with E-state index in [1.54, 1.807) is 11.8 Å². The maximum Gasteiger partial charge on any atom is 0.307 e. The van der Waals surface area contributed by atoms with Crippen molar-refractivity contribution in [1.29, 1.82) is 0 Å². The van der Waals surface area contributed by atoms with Gasteiger partial charge in [0, 0.05) is 19.7 Å². The van der Waals surface area contributed by atoms with Gasteiger partial charge in [-0.2, -0.15) is 0 Å². The van der Waals surface area contributed by atoms with Crippen molar-refractivity contribution in [2.24, 2.45) is 0 Å². The van der Waals surface area contributed by atoms with E-state index in [0.29, 0.717) is 13.1 Å². The van der Waals surface area contributed by atoms with Gasteiger partial charge < -0.3 is 14.4 Å². The summed E-state index contributed by atoms with van der Waals surface area (Å²) in [5.74, 6) is 4.47. The Morgan fingerprint density at radius 2 is 2.28 bits per heavy atom.